The Balaban J connectivity index is 1.53. The lowest BCUT2D eigenvalue weighted by Gasteiger charge is -2.18. The number of hydrogen-bond donors (Lipinski definition) is 2. The molecule has 2 amide bonds. The first-order valence-corrected chi connectivity index (χ1v) is 10.8. The van der Waals surface area contributed by atoms with Crippen LogP contribution in [-0.4, -0.2) is 11.8 Å². The van der Waals surface area contributed by atoms with Crippen molar-refractivity contribution >= 4 is 40.2 Å². The fraction of sp³-hybridized carbons (Fsp3) is 0.0435. The maximum absolute atomic E-state index is 13.0. The van der Waals surface area contributed by atoms with Gasteiger partial charge in [-0.3, -0.25) is 9.59 Å². The van der Waals surface area contributed by atoms with Crippen LogP contribution in [0.15, 0.2) is 89.6 Å². The van der Waals surface area contributed by atoms with Crippen molar-refractivity contribution in [1.82, 2.24) is 5.32 Å². The number of rotatable bonds is 6. The summed E-state index contributed by atoms with van der Waals surface area (Å²) in [4.78, 5) is 26.9. The van der Waals surface area contributed by atoms with E-state index in [4.69, 9.17) is 0 Å². The van der Waals surface area contributed by atoms with E-state index in [9.17, 15) is 9.59 Å². The molecule has 2 heterocycles. The molecule has 4 nitrogen and oxygen atoms in total. The molecule has 0 aliphatic heterocycles. The quantitative estimate of drug-likeness (QED) is 0.429. The average Bonchev–Trinajstić information content (AvgIpc) is 3.47. The van der Waals surface area contributed by atoms with Crippen LogP contribution in [0.2, 0.25) is 0 Å². The van der Waals surface area contributed by atoms with E-state index in [1.807, 2.05) is 59.3 Å². The summed E-state index contributed by atoms with van der Waals surface area (Å²) in [7, 11) is 0. The van der Waals surface area contributed by atoms with Gasteiger partial charge in [0.15, 0.2) is 0 Å². The van der Waals surface area contributed by atoms with Gasteiger partial charge in [0.25, 0.3) is 11.8 Å². The van der Waals surface area contributed by atoms with Gasteiger partial charge in [0, 0.05) is 16.1 Å². The Hall–Kier alpha value is -3.22. The zero-order valence-electron chi connectivity index (χ0n) is 15.4. The molecule has 4 rings (SSSR count). The molecule has 0 saturated carbocycles. The van der Waals surface area contributed by atoms with Crippen LogP contribution in [0, 0.1) is 0 Å². The van der Waals surface area contributed by atoms with Gasteiger partial charge in [-0.25, -0.2) is 0 Å². The molecule has 6 heteroatoms. The molecular formula is C23H18N2O2S2. The van der Waals surface area contributed by atoms with E-state index in [1.165, 1.54) is 11.3 Å². The molecule has 29 heavy (non-hydrogen) atoms. The number of carbonyl (C=O) groups is 2. The van der Waals surface area contributed by atoms with Gasteiger partial charge >= 0.3 is 0 Å². The molecule has 1 unspecified atom stereocenters. The van der Waals surface area contributed by atoms with Crippen LogP contribution in [0.1, 0.15) is 36.5 Å². The first-order chi connectivity index (χ1) is 14.2. The molecule has 2 N–H and O–H groups in total. The van der Waals surface area contributed by atoms with Crippen LogP contribution in [0.5, 0.6) is 0 Å². The molecule has 0 radical (unpaired) electrons. The van der Waals surface area contributed by atoms with Crippen LogP contribution in [-0.2, 0) is 0 Å². The monoisotopic (exact) mass is 418 g/mol. The summed E-state index contributed by atoms with van der Waals surface area (Å²) in [6, 6.07) is 24.2. The molecule has 0 spiro atoms. The Morgan fingerprint density at radius 3 is 2.28 bits per heavy atom. The van der Waals surface area contributed by atoms with E-state index in [-0.39, 0.29) is 17.9 Å². The van der Waals surface area contributed by atoms with Crippen molar-refractivity contribution in [3.8, 4) is 0 Å². The third-order valence-electron chi connectivity index (χ3n) is 4.36. The Morgan fingerprint density at radius 1 is 0.759 bits per heavy atom. The maximum Gasteiger partial charge on any atom is 0.265 e. The van der Waals surface area contributed by atoms with Crippen molar-refractivity contribution in [3.63, 3.8) is 0 Å². The minimum Gasteiger partial charge on any atom is -0.340 e. The van der Waals surface area contributed by atoms with E-state index < -0.39 is 0 Å². The van der Waals surface area contributed by atoms with Crippen molar-refractivity contribution in [2.45, 2.75) is 6.04 Å². The molecule has 0 aliphatic rings. The van der Waals surface area contributed by atoms with Gasteiger partial charge < -0.3 is 10.6 Å². The molecule has 2 aromatic carbocycles. The third-order valence-corrected chi connectivity index (χ3v) is 6.17. The fourth-order valence-electron chi connectivity index (χ4n) is 2.97. The first kappa shape index (κ1) is 19.1. The second-order valence-corrected chi connectivity index (χ2v) is 8.27. The van der Waals surface area contributed by atoms with E-state index in [0.29, 0.717) is 16.1 Å². The Kier molecular flexibility index (Phi) is 5.84. The maximum atomic E-state index is 13.0. The number of benzene rings is 2. The van der Waals surface area contributed by atoms with Gasteiger partial charge in [0.1, 0.15) is 0 Å². The van der Waals surface area contributed by atoms with Crippen molar-refractivity contribution in [2.75, 3.05) is 5.32 Å². The first-order valence-electron chi connectivity index (χ1n) is 9.05. The smallest absolute Gasteiger partial charge is 0.265 e. The molecule has 4 aromatic rings. The summed E-state index contributed by atoms with van der Waals surface area (Å²) in [6.07, 6.45) is 0. The summed E-state index contributed by atoms with van der Waals surface area (Å²) >= 11 is 2.98. The Bertz CT molecular complexity index is 1090. The van der Waals surface area contributed by atoms with E-state index >= 15 is 0 Å². The van der Waals surface area contributed by atoms with E-state index in [0.717, 1.165) is 10.4 Å². The number of anilines is 1. The van der Waals surface area contributed by atoms with Crippen molar-refractivity contribution in [1.29, 1.82) is 0 Å². The Labute approximate surface area is 176 Å². The zero-order valence-corrected chi connectivity index (χ0v) is 17.0. The van der Waals surface area contributed by atoms with Crippen LogP contribution >= 0.6 is 22.7 Å². The van der Waals surface area contributed by atoms with Gasteiger partial charge in [0.2, 0.25) is 0 Å². The summed E-state index contributed by atoms with van der Waals surface area (Å²) in [6.45, 7) is 0. The second kappa shape index (κ2) is 8.86. The Morgan fingerprint density at radius 2 is 1.55 bits per heavy atom. The van der Waals surface area contributed by atoms with Crippen molar-refractivity contribution in [2.24, 2.45) is 0 Å². The number of hydrogen-bond acceptors (Lipinski definition) is 4. The van der Waals surface area contributed by atoms with Gasteiger partial charge in [-0.05, 0) is 46.7 Å². The highest BCUT2D eigenvalue weighted by atomic mass is 32.1. The normalized spacial score (nSPS) is 11.6. The molecule has 0 saturated heterocycles. The van der Waals surface area contributed by atoms with Crippen molar-refractivity contribution in [3.05, 3.63) is 111 Å². The van der Waals surface area contributed by atoms with Gasteiger partial charge in [0.05, 0.1) is 10.9 Å². The molecule has 0 fully saturated rings. The van der Waals surface area contributed by atoms with Crippen LogP contribution < -0.4 is 10.6 Å². The molecule has 0 aliphatic carbocycles. The molecule has 0 bridgehead atoms. The molecule has 1 atom stereocenters. The molecule has 144 valence electrons. The highest BCUT2D eigenvalue weighted by molar-refractivity contribution is 7.12. The number of amides is 2. The van der Waals surface area contributed by atoms with Gasteiger partial charge in [-0.1, -0.05) is 48.5 Å². The zero-order chi connectivity index (χ0) is 20.1. The number of thiophene rings is 2. The van der Waals surface area contributed by atoms with Gasteiger partial charge in [-0.15, -0.1) is 22.7 Å². The number of nitrogens with one attached hydrogen (secondary N) is 2. The van der Waals surface area contributed by atoms with Crippen LogP contribution in [0.3, 0.4) is 0 Å². The average molecular weight is 419 g/mol. The topological polar surface area (TPSA) is 58.2 Å². The summed E-state index contributed by atoms with van der Waals surface area (Å²) in [5.41, 5.74) is 2.10. The SMILES string of the molecule is O=C(NC(c1ccccc1)c1cccs1)c1cccc(NC(=O)c2cccs2)c1. The third kappa shape index (κ3) is 4.62. The number of carbonyl (C=O) groups excluding carboxylic acids is 2. The lowest BCUT2D eigenvalue weighted by molar-refractivity contribution is 0.0942. The summed E-state index contributed by atoms with van der Waals surface area (Å²) in [5.74, 6) is -0.377. The van der Waals surface area contributed by atoms with Crippen LogP contribution in [0.4, 0.5) is 5.69 Å². The lowest BCUT2D eigenvalue weighted by Crippen LogP contribution is -2.28. The van der Waals surface area contributed by atoms with E-state index in [2.05, 4.69) is 10.6 Å². The molecular weight excluding hydrogens is 400 g/mol. The lowest BCUT2D eigenvalue weighted by atomic mass is 10.0. The highest BCUT2D eigenvalue weighted by Crippen LogP contribution is 2.26. The summed E-state index contributed by atoms with van der Waals surface area (Å²) in [5, 5.41) is 9.82. The van der Waals surface area contributed by atoms with Crippen LogP contribution in [0.25, 0.3) is 0 Å². The second-order valence-electron chi connectivity index (χ2n) is 6.34. The fourth-order valence-corrected chi connectivity index (χ4v) is 4.39. The molecule has 2 aromatic heterocycles. The van der Waals surface area contributed by atoms with E-state index in [1.54, 1.807) is 41.7 Å². The minimum atomic E-state index is -0.229. The highest BCUT2D eigenvalue weighted by Gasteiger charge is 2.19. The summed E-state index contributed by atoms with van der Waals surface area (Å²) < 4.78 is 0. The predicted molar refractivity (Wildman–Crippen MR) is 119 cm³/mol. The predicted octanol–water partition coefficient (Wildman–Crippen LogP) is 5.58. The van der Waals surface area contributed by atoms with Gasteiger partial charge in [-0.2, -0.15) is 0 Å². The minimum absolute atomic E-state index is 0.182. The largest absolute Gasteiger partial charge is 0.340 e. The van der Waals surface area contributed by atoms with Crippen molar-refractivity contribution < 1.29 is 9.59 Å². The standard InChI is InChI=1S/C23H18N2O2S2/c26-22(25-21(19-11-5-13-28-19)16-7-2-1-3-8-16)17-9-4-10-18(15-17)24-23(27)20-12-6-14-29-20/h1-15,21H,(H,24,27)(H,25,26).